The maximum absolute atomic E-state index is 12.1. The highest BCUT2D eigenvalue weighted by molar-refractivity contribution is 9.10. The van der Waals surface area contributed by atoms with Crippen LogP contribution < -0.4 is 5.32 Å². The molecule has 1 amide bonds. The molecular weight excluding hydrogens is 330 g/mol. The lowest BCUT2D eigenvalue weighted by Gasteiger charge is -2.14. The van der Waals surface area contributed by atoms with Crippen LogP contribution in [0.1, 0.15) is 36.3 Å². The zero-order valence-corrected chi connectivity index (χ0v) is 14.4. The van der Waals surface area contributed by atoms with Gasteiger partial charge in [-0.05, 0) is 57.5 Å². The van der Waals surface area contributed by atoms with Gasteiger partial charge >= 0.3 is 0 Å². The maximum atomic E-state index is 12.1. The molecule has 112 valence electrons. The van der Waals surface area contributed by atoms with E-state index in [1.54, 1.807) is 0 Å². The first-order chi connectivity index (χ1) is 9.86. The van der Waals surface area contributed by atoms with Gasteiger partial charge in [-0.1, -0.05) is 15.9 Å². The van der Waals surface area contributed by atoms with Crippen LogP contribution in [0.4, 0.5) is 5.69 Å². The van der Waals surface area contributed by atoms with Gasteiger partial charge in [-0.2, -0.15) is 5.10 Å². The average Bonchev–Trinajstić information content (AvgIpc) is 2.73. The standard InChI is InChI=1S/C16H20BrN3O/c1-10-7-14(5-6-15(10)17)18-16(21)9-13(4)20-12(3)8-11(2)19-20/h5-8,13H,9H2,1-4H3,(H,18,21). The van der Waals surface area contributed by atoms with Crippen LogP contribution in [-0.2, 0) is 4.79 Å². The fraction of sp³-hybridized carbons (Fsp3) is 0.375. The molecule has 0 saturated heterocycles. The topological polar surface area (TPSA) is 46.9 Å². The van der Waals surface area contributed by atoms with Crippen molar-refractivity contribution in [3.63, 3.8) is 0 Å². The van der Waals surface area contributed by atoms with Crippen molar-refractivity contribution < 1.29 is 4.79 Å². The highest BCUT2D eigenvalue weighted by atomic mass is 79.9. The smallest absolute Gasteiger partial charge is 0.226 e. The molecule has 0 bridgehead atoms. The van der Waals surface area contributed by atoms with Crippen molar-refractivity contribution in [2.24, 2.45) is 0 Å². The number of nitrogens with zero attached hydrogens (tertiary/aromatic N) is 2. The number of hydrogen-bond acceptors (Lipinski definition) is 2. The molecule has 2 rings (SSSR count). The van der Waals surface area contributed by atoms with Crippen molar-refractivity contribution in [1.29, 1.82) is 0 Å². The van der Waals surface area contributed by atoms with Crippen LogP contribution in [0.15, 0.2) is 28.7 Å². The van der Waals surface area contributed by atoms with E-state index < -0.39 is 0 Å². The van der Waals surface area contributed by atoms with Gasteiger partial charge in [0.2, 0.25) is 5.91 Å². The first kappa shape index (κ1) is 15.8. The van der Waals surface area contributed by atoms with E-state index in [1.807, 2.05) is 56.6 Å². The van der Waals surface area contributed by atoms with E-state index in [0.29, 0.717) is 6.42 Å². The molecule has 2 aromatic rings. The van der Waals surface area contributed by atoms with Crippen molar-refractivity contribution in [1.82, 2.24) is 9.78 Å². The number of rotatable bonds is 4. The second-order valence-electron chi connectivity index (χ2n) is 5.44. The summed E-state index contributed by atoms with van der Waals surface area (Å²) in [6, 6.07) is 7.84. The number of halogens is 1. The van der Waals surface area contributed by atoms with Crippen LogP contribution in [0.25, 0.3) is 0 Å². The number of carbonyl (C=O) groups excluding carboxylic acids is 1. The molecule has 21 heavy (non-hydrogen) atoms. The minimum absolute atomic E-state index is 0.00299. The molecule has 4 nitrogen and oxygen atoms in total. The lowest BCUT2D eigenvalue weighted by atomic mass is 10.2. The van der Waals surface area contributed by atoms with Crippen LogP contribution in [0, 0.1) is 20.8 Å². The summed E-state index contributed by atoms with van der Waals surface area (Å²) in [5, 5.41) is 7.36. The summed E-state index contributed by atoms with van der Waals surface area (Å²) in [5.41, 5.74) is 3.97. The number of nitrogens with one attached hydrogen (secondary N) is 1. The van der Waals surface area contributed by atoms with Crippen molar-refractivity contribution in [3.05, 3.63) is 45.7 Å². The van der Waals surface area contributed by atoms with Gasteiger partial charge in [-0.3, -0.25) is 9.48 Å². The van der Waals surface area contributed by atoms with E-state index >= 15 is 0 Å². The average molecular weight is 350 g/mol. The number of carbonyl (C=O) groups is 1. The second kappa shape index (κ2) is 6.43. The van der Waals surface area contributed by atoms with E-state index in [-0.39, 0.29) is 11.9 Å². The Morgan fingerprint density at radius 2 is 2.05 bits per heavy atom. The van der Waals surface area contributed by atoms with E-state index in [0.717, 1.165) is 27.1 Å². The minimum Gasteiger partial charge on any atom is -0.326 e. The largest absolute Gasteiger partial charge is 0.326 e. The Hall–Kier alpha value is -1.62. The SMILES string of the molecule is Cc1cc(C)n(C(C)CC(=O)Nc2ccc(Br)c(C)c2)n1. The monoisotopic (exact) mass is 349 g/mol. The van der Waals surface area contributed by atoms with Crippen molar-refractivity contribution in [3.8, 4) is 0 Å². The molecule has 0 aliphatic heterocycles. The first-order valence-electron chi connectivity index (χ1n) is 6.95. The van der Waals surface area contributed by atoms with Gasteiger partial charge in [0.1, 0.15) is 0 Å². The van der Waals surface area contributed by atoms with E-state index in [2.05, 4.69) is 26.3 Å². The van der Waals surface area contributed by atoms with Crippen molar-refractivity contribution >= 4 is 27.5 Å². The molecule has 0 radical (unpaired) electrons. The van der Waals surface area contributed by atoms with Gasteiger partial charge in [-0.25, -0.2) is 0 Å². The van der Waals surface area contributed by atoms with Gasteiger partial charge in [0.05, 0.1) is 11.7 Å². The summed E-state index contributed by atoms with van der Waals surface area (Å²) in [6.45, 7) is 7.97. The normalized spacial score (nSPS) is 12.2. The summed E-state index contributed by atoms with van der Waals surface area (Å²) < 4.78 is 2.94. The molecule has 1 atom stereocenters. The van der Waals surface area contributed by atoms with Gasteiger partial charge in [0.15, 0.2) is 0 Å². The van der Waals surface area contributed by atoms with Crippen LogP contribution in [0.5, 0.6) is 0 Å². The lowest BCUT2D eigenvalue weighted by Crippen LogP contribution is -2.19. The Balaban J connectivity index is 2.01. The summed E-state index contributed by atoms with van der Waals surface area (Å²) in [6.07, 6.45) is 0.400. The van der Waals surface area contributed by atoms with Crippen LogP contribution >= 0.6 is 15.9 Å². The molecule has 1 N–H and O–H groups in total. The Morgan fingerprint density at radius 1 is 1.33 bits per heavy atom. The van der Waals surface area contributed by atoms with E-state index in [9.17, 15) is 4.79 Å². The first-order valence-corrected chi connectivity index (χ1v) is 7.75. The molecule has 1 aromatic carbocycles. The van der Waals surface area contributed by atoms with Crippen molar-refractivity contribution in [2.45, 2.75) is 40.2 Å². The van der Waals surface area contributed by atoms with Crippen molar-refractivity contribution in [2.75, 3.05) is 5.32 Å². The minimum atomic E-state index is -0.00299. The van der Waals surface area contributed by atoms with E-state index in [4.69, 9.17) is 0 Å². The molecule has 1 unspecified atom stereocenters. The van der Waals surface area contributed by atoms with Crippen LogP contribution in [0.2, 0.25) is 0 Å². The zero-order valence-electron chi connectivity index (χ0n) is 12.8. The predicted molar refractivity (Wildman–Crippen MR) is 88.5 cm³/mol. The third-order valence-corrected chi connectivity index (χ3v) is 4.27. The number of amides is 1. The fourth-order valence-electron chi connectivity index (χ4n) is 2.38. The molecule has 5 heteroatoms. The highest BCUT2D eigenvalue weighted by Crippen LogP contribution is 2.21. The van der Waals surface area contributed by atoms with Gasteiger partial charge < -0.3 is 5.32 Å². The lowest BCUT2D eigenvalue weighted by molar-refractivity contribution is -0.116. The van der Waals surface area contributed by atoms with E-state index in [1.165, 1.54) is 0 Å². The van der Waals surface area contributed by atoms with Gasteiger partial charge in [-0.15, -0.1) is 0 Å². The maximum Gasteiger partial charge on any atom is 0.226 e. The fourth-order valence-corrected chi connectivity index (χ4v) is 2.63. The Bertz CT molecular complexity index is 664. The molecule has 0 aliphatic carbocycles. The van der Waals surface area contributed by atoms with Crippen LogP contribution in [0.3, 0.4) is 0 Å². The Labute approximate surface area is 133 Å². The molecular formula is C16H20BrN3O. The summed E-state index contributed by atoms with van der Waals surface area (Å²) in [4.78, 5) is 12.1. The third-order valence-electron chi connectivity index (χ3n) is 3.38. The number of aryl methyl sites for hydroxylation is 3. The summed E-state index contributed by atoms with van der Waals surface area (Å²) >= 11 is 3.45. The highest BCUT2D eigenvalue weighted by Gasteiger charge is 2.14. The van der Waals surface area contributed by atoms with Gasteiger partial charge in [0.25, 0.3) is 0 Å². The molecule has 0 fully saturated rings. The molecule has 1 aromatic heterocycles. The quantitative estimate of drug-likeness (QED) is 0.900. The molecule has 0 aliphatic rings. The zero-order chi connectivity index (χ0) is 15.6. The number of anilines is 1. The summed E-state index contributed by atoms with van der Waals surface area (Å²) in [7, 11) is 0. The Morgan fingerprint density at radius 3 is 2.62 bits per heavy atom. The molecule has 1 heterocycles. The number of hydrogen-bond donors (Lipinski definition) is 1. The molecule has 0 spiro atoms. The summed E-state index contributed by atoms with van der Waals surface area (Å²) in [5.74, 6) is -0.00299. The van der Waals surface area contributed by atoms with Crippen LogP contribution in [-0.4, -0.2) is 15.7 Å². The number of benzene rings is 1. The van der Waals surface area contributed by atoms with Gasteiger partial charge in [0, 0.05) is 22.3 Å². The second-order valence-corrected chi connectivity index (χ2v) is 6.29. The third kappa shape index (κ3) is 3.94. The number of aromatic nitrogens is 2. The predicted octanol–water partition coefficient (Wildman–Crippen LogP) is 4.16. The Kier molecular flexibility index (Phi) is 4.83. The molecule has 0 saturated carbocycles.